The van der Waals surface area contributed by atoms with E-state index in [2.05, 4.69) is 24.4 Å². The van der Waals surface area contributed by atoms with E-state index in [4.69, 9.17) is 11.6 Å². The Kier molecular flexibility index (Phi) is 9.75. The van der Waals surface area contributed by atoms with Crippen molar-refractivity contribution in [2.24, 2.45) is 11.8 Å². The van der Waals surface area contributed by atoms with Gasteiger partial charge in [-0.05, 0) is 55.4 Å². The maximum Gasteiger partial charge on any atom is 0.0585 e. The van der Waals surface area contributed by atoms with Crippen LogP contribution in [0.25, 0.3) is 0 Å². The van der Waals surface area contributed by atoms with Gasteiger partial charge < -0.3 is 5.11 Å². The fourth-order valence-electron chi connectivity index (χ4n) is 4.24. The highest BCUT2D eigenvalue weighted by molar-refractivity contribution is 7.09. The molecule has 1 fully saturated rings. The Morgan fingerprint density at radius 2 is 1.75 bits per heavy atom. The Morgan fingerprint density at radius 3 is 2.46 bits per heavy atom. The first-order valence-corrected chi connectivity index (χ1v) is 11.4. The molecule has 0 amide bonds. The van der Waals surface area contributed by atoms with E-state index in [0.717, 1.165) is 12.8 Å². The molecule has 0 saturated heterocycles. The molecule has 1 nitrogen and oxygen atoms in total. The average Bonchev–Trinajstić information content (AvgIpc) is 3.16. The monoisotopic (exact) mass is 370 g/mol. The number of rotatable bonds is 12. The fourth-order valence-corrected chi connectivity index (χ4v) is 5.49. The zero-order chi connectivity index (χ0) is 17.2. The van der Waals surface area contributed by atoms with Crippen LogP contribution in [0.2, 0.25) is 0 Å². The summed E-state index contributed by atoms with van der Waals surface area (Å²) in [4.78, 5) is 1.48. The predicted octanol–water partition coefficient (Wildman–Crippen LogP) is 6.82. The number of aliphatic hydroxyl groups is 1. The summed E-state index contributed by atoms with van der Waals surface area (Å²) in [7, 11) is 0. The molecule has 1 aliphatic rings. The minimum absolute atomic E-state index is 0.167. The highest BCUT2D eigenvalue weighted by Crippen LogP contribution is 2.42. The lowest BCUT2D eigenvalue weighted by molar-refractivity contribution is 0.107. The van der Waals surface area contributed by atoms with E-state index in [1.165, 1.54) is 69.1 Å². The maximum atomic E-state index is 10.4. The molecule has 0 aliphatic heterocycles. The van der Waals surface area contributed by atoms with E-state index in [1.807, 2.05) is 11.3 Å². The average molecular weight is 371 g/mol. The van der Waals surface area contributed by atoms with Gasteiger partial charge in [-0.25, -0.2) is 0 Å². The normalized spacial score (nSPS) is 27.0. The van der Waals surface area contributed by atoms with E-state index >= 15 is 0 Å². The van der Waals surface area contributed by atoms with Crippen LogP contribution in [0.3, 0.4) is 0 Å². The molecular formula is C21H35ClOS. The van der Waals surface area contributed by atoms with Gasteiger partial charge >= 0.3 is 0 Å². The highest BCUT2D eigenvalue weighted by atomic mass is 35.5. The van der Waals surface area contributed by atoms with Gasteiger partial charge in [0.2, 0.25) is 0 Å². The largest absolute Gasteiger partial charge is 0.393 e. The highest BCUT2D eigenvalue weighted by Gasteiger charge is 2.40. The third-order valence-corrected chi connectivity index (χ3v) is 7.10. The van der Waals surface area contributed by atoms with E-state index in [0.29, 0.717) is 11.8 Å². The summed E-state index contributed by atoms with van der Waals surface area (Å²) in [5.74, 6) is 0.952. The zero-order valence-corrected chi connectivity index (χ0v) is 16.8. The van der Waals surface area contributed by atoms with Gasteiger partial charge in [-0.1, -0.05) is 57.9 Å². The van der Waals surface area contributed by atoms with Crippen LogP contribution in [0, 0.1) is 11.8 Å². The van der Waals surface area contributed by atoms with Crippen molar-refractivity contribution in [1.82, 2.24) is 0 Å². The van der Waals surface area contributed by atoms with Crippen LogP contribution in [-0.4, -0.2) is 16.6 Å². The molecule has 0 spiro atoms. The molecule has 0 bridgehead atoms. The Hall–Kier alpha value is -0.0500. The van der Waals surface area contributed by atoms with Gasteiger partial charge in [0, 0.05) is 10.3 Å². The van der Waals surface area contributed by atoms with Gasteiger partial charge in [0.15, 0.2) is 0 Å². The molecule has 4 atom stereocenters. The number of alkyl halides is 1. The lowest BCUT2D eigenvalue weighted by atomic mass is 9.85. The second kappa shape index (κ2) is 11.5. The molecule has 138 valence electrons. The summed E-state index contributed by atoms with van der Waals surface area (Å²) in [5.41, 5.74) is 0. The van der Waals surface area contributed by atoms with E-state index < -0.39 is 0 Å². The molecule has 1 aromatic heterocycles. The Morgan fingerprint density at radius 1 is 1.04 bits per heavy atom. The van der Waals surface area contributed by atoms with Crippen molar-refractivity contribution in [3.8, 4) is 0 Å². The quantitative estimate of drug-likeness (QED) is 0.316. The number of thiophene rings is 1. The van der Waals surface area contributed by atoms with Crippen molar-refractivity contribution >= 4 is 22.9 Å². The van der Waals surface area contributed by atoms with Gasteiger partial charge in [0.1, 0.15) is 0 Å². The van der Waals surface area contributed by atoms with Gasteiger partial charge in [0.05, 0.1) is 6.10 Å². The van der Waals surface area contributed by atoms with Crippen LogP contribution in [-0.2, 0) is 6.42 Å². The van der Waals surface area contributed by atoms with E-state index in [-0.39, 0.29) is 11.5 Å². The van der Waals surface area contributed by atoms with E-state index in [9.17, 15) is 5.11 Å². The van der Waals surface area contributed by atoms with Gasteiger partial charge in [-0.3, -0.25) is 0 Å². The molecule has 0 radical (unpaired) electrons. The molecule has 1 N–H and O–H groups in total. The van der Waals surface area contributed by atoms with Gasteiger partial charge in [-0.2, -0.15) is 0 Å². The van der Waals surface area contributed by atoms with Crippen LogP contribution in [0.1, 0.15) is 82.4 Å². The molecule has 0 unspecified atom stereocenters. The molecule has 1 aliphatic carbocycles. The van der Waals surface area contributed by atoms with Crippen LogP contribution < -0.4 is 0 Å². The first-order chi connectivity index (χ1) is 11.7. The Labute approximate surface area is 157 Å². The van der Waals surface area contributed by atoms with Gasteiger partial charge in [0.25, 0.3) is 0 Å². The molecule has 1 aromatic rings. The lowest BCUT2D eigenvalue weighted by Gasteiger charge is -2.23. The van der Waals surface area contributed by atoms with Crippen LogP contribution >= 0.6 is 22.9 Å². The minimum atomic E-state index is -0.167. The minimum Gasteiger partial charge on any atom is -0.393 e. The second-order valence-corrected chi connectivity index (χ2v) is 9.12. The second-order valence-electron chi connectivity index (χ2n) is 7.53. The first-order valence-electron chi connectivity index (χ1n) is 10.1. The van der Waals surface area contributed by atoms with Crippen molar-refractivity contribution < 1.29 is 5.11 Å². The summed E-state index contributed by atoms with van der Waals surface area (Å²) in [6.45, 7) is 2.27. The summed E-state index contributed by atoms with van der Waals surface area (Å²) >= 11 is 8.42. The molecule has 2 rings (SSSR count). The maximum absolute atomic E-state index is 10.4. The third-order valence-electron chi connectivity index (χ3n) is 5.66. The Bertz CT molecular complexity index is 419. The summed E-state index contributed by atoms with van der Waals surface area (Å²) in [6.07, 6.45) is 14.7. The molecule has 3 heteroatoms. The molecular weight excluding hydrogens is 336 g/mol. The standard InChI is InChI=1S/C21H35ClOS/c1-2-3-4-5-6-7-8-13-19-18(20(22)16-21(19)23)14-9-11-17-12-10-15-24-17/h10,12,15,18-21,23H,2-9,11,13-14,16H2,1H3/t18-,19-,20-,21-/m1/s1. The summed E-state index contributed by atoms with van der Waals surface area (Å²) < 4.78 is 0. The van der Waals surface area contributed by atoms with Crippen molar-refractivity contribution in [2.45, 2.75) is 95.5 Å². The molecule has 1 saturated carbocycles. The van der Waals surface area contributed by atoms with Crippen molar-refractivity contribution in [1.29, 1.82) is 0 Å². The van der Waals surface area contributed by atoms with Crippen LogP contribution in [0.5, 0.6) is 0 Å². The number of aliphatic hydroxyl groups excluding tert-OH is 1. The summed E-state index contributed by atoms with van der Waals surface area (Å²) in [5, 5.41) is 12.7. The van der Waals surface area contributed by atoms with Gasteiger partial charge in [-0.15, -0.1) is 22.9 Å². The van der Waals surface area contributed by atoms with Crippen molar-refractivity contribution in [2.75, 3.05) is 0 Å². The Balaban J connectivity index is 1.66. The van der Waals surface area contributed by atoms with Crippen molar-refractivity contribution in [3.63, 3.8) is 0 Å². The first kappa shape index (κ1) is 20.3. The molecule has 1 heterocycles. The fraction of sp³-hybridized carbons (Fsp3) is 0.810. The topological polar surface area (TPSA) is 20.2 Å². The smallest absolute Gasteiger partial charge is 0.0585 e. The number of hydrogen-bond acceptors (Lipinski definition) is 2. The number of hydrogen-bond donors (Lipinski definition) is 1. The molecule has 0 aromatic carbocycles. The summed E-state index contributed by atoms with van der Waals surface area (Å²) in [6, 6.07) is 4.36. The van der Waals surface area contributed by atoms with Crippen LogP contribution in [0.15, 0.2) is 17.5 Å². The molecule has 24 heavy (non-hydrogen) atoms. The number of unbranched alkanes of at least 4 members (excludes halogenated alkanes) is 6. The SMILES string of the molecule is CCCCCCCCC[C@@H]1[C@@H](CCCc2cccs2)[C@H](Cl)C[C@H]1O. The predicted molar refractivity (Wildman–Crippen MR) is 107 cm³/mol. The zero-order valence-electron chi connectivity index (χ0n) is 15.3. The number of aryl methyl sites for hydroxylation is 1. The number of halogens is 1. The third kappa shape index (κ3) is 6.69. The lowest BCUT2D eigenvalue weighted by Crippen LogP contribution is -2.21. The van der Waals surface area contributed by atoms with E-state index in [1.54, 1.807) is 0 Å². The van der Waals surface area contributed by atoms with Crippen molar-refractivity contribution in [3.05, 3.63) is 22.4 Å². The van der Waals surface area contributed by atoms with Crippen LogP contribution in [0.4, 0.5) is 0 Å².